The minimum absolute atomic E-state index is 0.135. The second-order valence-electron chi connectivity index (χ2n) is 7.41. The molecule has 0 aliphatic carbocycles. The van der Waals surface area contributed by atoms with E-state index in [9.17, 15) is 9.90 Å². The summed E-state index contributed by atoms with van der Waals surface area (Å²) in [6, 6.07) is 5.51. The van der Waals surface area contributed by atoms with Crippen LogP contribution in [-0.4, -0.2) is 39.8 Å². The van der Waals surface area contributed by atoms with Crippen LogP contribution in [0, 0.1) is 6.92 Å². The average Bonchev–Trinajstić information content (AvgIpc) is 3.17. The van der Waals surface area contributed by atoms with Gasteiger partial charge in [-0.2, -0.15) is 0 Å². The molecule has 28 heavy (non-hydrogen) atoms. The number of rotatable bonds is 4. The van der Waals surface area contributed by atoms with E-state index in [0.29, 0.717) is 28.1 Å². The Hall–Kier alpha value is -3.39. The molecule has 0 amide bonds. The van der Waals surface area contributed by atoms with Crippen molar-refractivity contribution in [3.63, 3.8) is 0 Å². The number of hydrogen-bond acceptors (Lipinski definition) is 6. The lowest BCUT2D eigenvalue weighted by Gasteiger charge is -2.19. The minimum Gasteiger partial charge on any atom is -0.389 e. The van der Waals surface area contributed by atoms with Crippen LogP contribution in [0.2, 0.25) is 0 Å². The Balaban J connectivity index is 2.00. The predicted molar refractivity (Wildman–Crippen MR) is 105 cm³/mol. The molecule has 0 aromatic carbocycles. The van der Waals surface area contributed by atoms with Crippen LogP contribution in [0.15, 0.2) is 54.2 Å². The number of imidazole rings is 1. The van der Waals surface area contributed by atoms with E-state index in [1.165, 1.54) is 10.9 Å². The van der Waals surface area contributed by atoms with E-state index in [1.54, 1.807) is 49.4 Å². The molecule has 0 radical (unpaired) electrons. The summed E-state index contributed by atoms with van der Waals surface area (Å²) in [6.07, 6.45) is 8.19. The van der Waals surface area contributed by atoms with Crippen molar-refractivity contribution in [1.29, 1.82) is 0 Å². The molecule has 8 heteroatoms. The molecular formula is C20H20N6O2. The third-order valence-corrected chi connectivity index (χ3v) is 4.27. The van der Waals surface area contributed by atoms with Crippen LogP contribution in [0.5, 0.6) is 0 Å². The van der Waals surface area contributed by atoms with Crippen molar-refractivity contribution < 1.29 is 5.11 Å². The third-order valence-electron chi connectivity index (χ3n) is 4.27. The molecule has 4 heterocycles. The van der Waals surface area contributed by atoms with Gasteiger partial charge in [0.1, 0.15) is 11.8 Å². The van der Waals surface area contributed by atoms with Crippen molar-refractivity contribution in [1.82, 2.24) is 29.1 Å². The van der Waals surface area contributed by atoms with E-state index >= 15 is 0 Å². The number of pyridine rings is 2. The lowest BCUT2D eigenvalue weighted by atomic mass is 10.1. The zero-order chi connectivity index (χ0) is 19.9. The van der Waals surface area contributed by atoms with E-state index in [1.807, 2.05) is 19.1 Å². The van der Waals surface area contributed by atoms with Crippen molar-refractivity contribution in [2.45, 2.75) is 32.9 Å². The van der Waals surface area contributed by atoms with Crippen molar-refractivity contribution in [3.8, 4) is 17.2 Å². The molecule has 4 aromatic rings. The van der Waals surface area contributed by atoms with E-state index in [4.69, 9.17) is 0 Å². The molecule has 0 bridgehead atoms. The molecule has 0 aliphatic heterocycles. The molecule has 0 unspecified atom stereocenters. The van der Waals surface area contributed by atoms with E-state index in [0.717, 1.165) is 5.56 Å². The first-order chi connectivity index (χ1) is 13.3. The molecule has 0 fully saturated rings. The van der Waals surface area contributed by atoms with E-state index in [-0.39, 0.29) is 12.1 Å². The lowest BCUT2D eigenvalue weighted by Crippen LogP contribution is -2.33. The van der Waals surface area contributed by atoms with Crippen LogP contribution in [0.25, 0.3) is 28.1 Å². The summed E-state index contributed by atoms with van der Waals surface area (Å²) in [5, 5.41) is 10.5. The molecule has 4 rings (SSSR count). The highest BCUT2D eigenvalue weighted by Gasteiger charge is 2.18. The maximum Gasteiger partial charge on any atom is 0.261 e. The fourth-order valence-corrected chi connectivity index (χ4v) is 2.99. The van der Waals surface area contributed by atoms with Gasteiger partial charge in [-0.05, 0) is 38.5 Å². The molecule has 0 saturated carbocycles. The van der Waals surface area contributed by atoms with Gasteiger partial charge in [0, 0.05) is 18.6 Å². The molecule has 0 spiro atoms. The summed E-state index contributed by atoms with van der Waals surface area (Å²) in [5.41, 5.74) is 1.44. The van der Waals surface area contributed by atoms with Gasteiger partial charge in [0.05, 0.1) is 35.2 Å². The van der Waals surface area contributed by atoms with Crippen LogP contribution in [0.3, 0.4) is 0 Å². The fourth-order valence-electron chi connectivity index (χ4n) is 2.99. The first-order valence-corrected chi connectivity index (χ1v) is 8.86. The van der Waals surface area contributed by atoms with Crippen LogP contribution in [0.1, 0.15) is 19.4 Å². The van der Waals surface area contributed by atoms with Gasteiger partial charge < -0.3 is 5.11 Å². The Morgan fingerprint density at radius 3 is 2.61 bits per heavy atom. The van der Waals surface area contributed by atoms with Gasteiger partial charge in [-0.1, -0.05) is 6.07 Å². The molecule has 4 aromatic heterocycles. The Kier molecular flexibility index (Phi) is 4.27. The lowest BCUT2D eigenvalue weighted by molar-refractivity contribution is 0.0603. The van der Waals surface area contributed by atoms with Crippen molar-refractivity contribution in [2.24, 2.45) is 0 Å². The molecule has 1 N–H and O–H groups in total. The number of aromatic nitrogens is 6. The Labute approximate surface area is 161 Å². The van der Waals surface area contributed by atoms with Gasteiger partial charge >= 0.3 is 0 Å². The normalized spacial score (nSPS) is 11.9. The second kappa shape index (κ2) is 6.65. The van der Waals surface area contributed by atoms with E-state index in [2.05, 4.69) is 19.9 Å². The fraction of sp³-hybridized carbons (Fsp3) is 0.250. The summed E-state index contributed by atoms with van der Waals surface area (Å²) in [6.45, 7) is 5.39. The van der Waals surface area contributed by atoms with Gasteiger partial charge in [-0.15, -0.1) is 0 Å². The highest BCUT2D eigenvalue weighted by atomic mass is 16.3. The van der Waals surface area contributed by atoms with Gasteiger partial charge in [-0.25, -0.2) is 15.0 Å². The summed E-state index contributed by atoms with van der Waals surface area (Å²) >= 11 is 0. The zero-order valence-corrected chi connectivity index (χ0v) is 15.9. The maximum absolute atomic E-state index is 13.1. The monoisotopic (exact) mass is 376 g/mol. The van der Waals surface area contributed by atoms with Crippen molar-refractivity contribution in [3.05, 3.63) is 65.4 Å². The van der Waals surface area contributed by atoms with Crippen LogP contribution >= 0.6 is 0 Å². The molecule has 0 aliphatic rings. The second-order valence-corrected chi connectivity index (χ2v) is 7.41. The standard InChI is InChI=1S/C20H20N6O2/c1-13-4-5-15(22-9-13)16-8-14-17(18(24-16)25-7-6-21-11-25)23-12-26(19(14)27)10-20(2,3)28/h4-9,11-12,28H,10H2,1-3H3. The van der Waals surface area contributed by atoms with Gasteiger partial charge in [-0.3, -0.25) is 18.9 Å². The van der Waals surface area contributed by atoms with E-state index < -0.39 is 5.60 Å². The number of hydrogen-bond donors (Lipinski definition) is 1. The average molecular weight is 376 g/mol. The zero-order valence-electron chi connectivity index (χ0n) is 15.9. The summed E-state index contributed by atoms with van der Waals surface area (Å²) in [5.74, 6) is 0.500. The van der Waals surface area contributed by atoms with Gasteiger partial charge in [0.15, 0.2) is 5.82 Å². The summed E-state index contributed by atoms with van der Waals surface area (Å²) in [4.78, 5) is 30.7. The number of nitrogens with zero attached hydrogens (tertiary/aromatic N) is 6. The Morgan fingerprint density at radius 2 is 1.96 bits per heavy atom. The first kappa shape index (κ1) is 18.0. The highest BCUT2D eigenvalue weighted by molar-refractivity contribution is 5.87. The smallest absolute Gasteiger partial charge is 0.261 e. The molecule has 0 atom stereocenters. The summed E-state index contributed by atoms with van der Waals surface area (Å²) in [7, 11) is 0. The molecular weight excluding hydrogens is 356 g/mol. The highest BCUT2D eigenvalue weighted by Crippen LogP contribution is 2.23. The van der Waals surface area contributed by atoms with Crippen LogP contribution in [-0.2, 0) is 6.54 Å². The molecule has 8 nitrogen and oxygen atoms in total. The molecule has 142 valence electrons. The number of aliphatic hydroxyl groups is 1. The SMILES string of the molecule is Cc1ccc(-c2cc3c(=O)n(CC(C)(C)O)cnc3c(-n3ccnc3)n2)nc1. The number of aryl methyl sites for hydroxylation is 1. The van der Waals surface area contributed by atoms with Crippen molar-refractivity contribution >= 4 is 10.9 Å². The Bertz CT molecular complexity index is 1190. The predicted octanol–water partition coefficient (Wildman–Crippen LogP) is 2.12. The van der Waals surface area contributed by atoms with Crippen molar-refractivity contribution in [2.75, 3.05) is 0 Å². The molecule has 0 saturated heterocycles. The van der Waals surface area contributed by atoms with Gasteiger partial charge in [0.2, 0.25) is 0 Å². The van der Waals surface area contributed by atoms with Gasteiger partial charge in [0.25, 0.3) is 5.56 Å². The third kappa shape index (κ3) is 3.41. The Morgan fingerprint density at radius 1 is 1.14 bits per heavy atom. The first-order valence-electron chi connectivity index (χ1n) is 8.86. The topological polar surface area (TPSA) is 98.7 Å². The minimum atomic E-state index is -1.04. The number of fused-ring (bicyclic) bond motifs is 1. The van der Waals surface area contributed by atoms with Crippen LogP contribution < -0.4 is 5.56 Å². The largest absolute Gasteiger partial charge is 0.389 e. The maximum atomic E-state index is 13.1. The quantitative estimate of drug-likeness (QED) is 0.586. The van der Waals surface area contributed by atoms with Crippen LogP contribution in [0.4, 0.5) is 0 Å². The summed E-state index contributed by atoms with van der Waals surface area (Å²) < 4.78 is 3.12.